The molecule has 1 saturated carbocycles. The zero-order valence-corrected chi connectivity index (χ0v) is 12.3. The van der Waals surface area contributed by atoms with Gasteiger partial charge in [-0.05, 0) is 41.1 Å². The maximum atomic E-state index is 4.44. The Labute approximate surface area is 112 Å². The maximum absolute atomic E-state index is 4.44. The zero-order chi connectivity index (χ0) is 12.4. The van der Waals surface area contributed by atoms with E-state index in [2.05, 4.69) is 45.1 Å². The molecular formula is C13H20BrN3. The van der Waals surface area contributed by atoms with Crippen LogP contribution in [-0.4, -0.2) is 16.0 Å². The van der Waals surface area contributed by atoms with Crippen molar-refractivity contribution in [1.29, 1.82) is 0 Å². The minimum Gasteiger partial charge on any atom is -0.367 e. The summed E-state index contributed by atoms with van der Waals surface area (Å²) in [6.45, 7) is 6.60. The van der Waals surface area contributed by atoms with E-state index in [9.17, 15) is 0 Å². The zero-order valence-electron chi connectivity index (χ0n) is 10.7. The highest BCUT2D eigenvalue weighted by atomic mass is 79.9. The van der Waals surface area contributed by atoms with E-state index in [-0.39, 0.29) is 0 Å². The van der Waals surface area contributed by atoms with Crippen molar-refractivity contribution < 1.29 is 0 Å². The maximum Gasteiger partial charge on any atom is 0.131 e. The van der Waals surface area contributed by atoms with E-state index in [0.717, 1.165) is 22.2 Å². The molecule has 3 nitrogen and oxygen atoms in total. The summed E-state index contributed by atoms with van der Waals surface area (Å²) in [5, 5.41) is 3.56. The molecule has 1 aliphatic carbocycles. The van der Waals surface area contributed by atoms with Gasteiger partial charge in [0.15, 0.2) is 0 Å². The number of anilines is 1. The van der Waals surface area contributed by atoms with E-state index in [4.69, 9.17) is 0 Å². The molecule has 94 valence electrons. The smallest absolute Gasteiger partial charge is 0.131 e. The lowest BCUT2D eigenvalue weighted by Crippen LogP contribution is -2.35. The first kappa shape index (κ1) is 12.8. The summed E-state index contributed by atoms with van der Waals surface area (Å²) >= 11 is 3.41. The Morgan fingerprint density at radius 2 is 2.06 bits per heavy atom. The topological polar surface area (TPSA) is 37.8 Å². The quantitative estimate of drug-likeness (QED) is 0.844. The highest BCUT2D eigenvalue weighted by Crippen LogP contribution is 2.31. The SMILES string of the molecule is Cc1nc(Br)cc(NC2CCCC(C)C2C)n1. The van der Waals surface area contributed by atoms with Crippen LogP contribution in [0.3, 0.4) is 0 Å². The van der Waals surface area contributed by atoms with Gasteiger partial charge in [-0.25, -0.2) is 9.97 Å². The van der Waals surface area contributed by atoms with Crippen molar-refractivity contribution >= 4 is 21.7 Å². The molecule has 3 unspecified atom stereocenters. The van der Waals surface area contributed by atoms with Gasteiger partial charge in [-0.1, -0.05) is 26.7 Å². The van der Waals surface area contributed by atoms with Gasteiger partial charge in [-0.15, -0.1) is 0 Å². The lowest BCUT2D eigenvalue weighted by atomic mass is 9.78. The molecule has 2 rings (SSSR count). The summed E-state index contributed by atoms with van der Waals surface area (Å²) in [6, 6.07) is 2.50. The standard InChI is InChI=1S/C13H20BrN3/c1-8-5-4-6-11(9(8)2)17-13-7-12(14)15-10(3)16-13/h7-9,11H,4-6H2,1-3H3,(H,15,16,17). The molecule has 1 N–H and O–H groups in total. The monoisotopic (exact) mass is 297 g/mol. The number of halogens is 1. The molecule has 1 heterocycles. The summed E-state index contributed by atoms with van der Waals surface area (Å²) in [4.78, 5) is 8.66. The van der Waals surface area contributed by atoms with E-state index < -0.39 is 0 Å². The molecule has 3 atom stereocenters. The molecule has 4 heteroatoms. The Morgan fingerprint density at radius 1 is 1.29 bits per heavy atom. The average molecular weight is 298 g/mol. The molecule has 0 radical (unpaired) electrons. The minimum atomic E-state index is 0.542. The summed E-state index contributed by atoms with van der Waals surface area (Å²) in [5.74, 6) is 3.25. The molecule has 0 saturated heterocycles. The first-order valence-electron chi connectivity index (χ1n) is 6.34. The van der Waals surface area contributed by atoms with Crippen molar-refractivity contribution in [2.24, 2.45) is 11.8 Å². The Balaban J connectivity index is 2.09. The normalized spacial score (nSPS) is 29.1. The van der Waals surface area contributed by atoms with Gasteiger partial charge in [0.05, 0.1) is 0 Å². The van der Waals surface area contributed by atoms with Crippen LogP contribution in [0.1, 0.15) is 38.9 Å². The van der Waals surface area contributed by atoms with Crippen LogP contribution in [0.15, 0.2) is 10.7 Å². The first-order valence-corrected chi connectivity index (χ1v) is 7.13. The number of nitrogens with zero attached hydrogens (tertiary/aromatic N) is 2. The fourth-order valence-electron chi connectivity index (χ4n) is 2.58. The van der Waals surface area contributed by atoms with E-state index in [1.54, 1.807) is 0 Å². The molecular weight excluding hydrogens is 278 g/mol. The third-order valence-electron chi connectivity index (χ3n) is 3.85. The van der Waals surface area contributed by atoms with E-state index >= 15 is 0 Å². The first-order chi connectivity index (χ1) is 8.06. The van der Waals surface area contributed by atoms with Gasteiger partial charge >= 0.3 is 0 Å². The van der Waals surface area contributed by atoms with Crippen LogP contribution in [0.5, 0.6) is 0 Å². The summed E-state index contributed by atoms with van der Waals surface area (Å²) in [7, 11) is 0. The molecule has 0 bridgehead atoms. The van der Waals surface area contributed by atoms with Crippen molar-refractivity contribution in [3.8, 4) is 0 Å². The minimum absolute atomic E-state index is 0.542. The second-order valence-electron chi connectivity index (χ2n) is 5.14. The van der Waals surface area contributed by atoms with Crippen molar-refractivity contribution in [2.45, 2.75) is 46.1 Å². The molecule has 17 heavy (non-hydrogen) atoms. The van der Waals surface area contributed by atoms with Gasteiger partial charge in [0.25, 0.3) is 0 Å². The molecule has 1 aromatic heterocycles. The molecule has 0 amide bonds. The molecule has 0 aromatic carbocycles. The number of hydrogen-bond acceptors (Lipinski definition) is 3. The third-order valence-corrected chi connectivity index (χ3v) is 4.25. The van der Waals surface area contributed by atoms with Gasteiger partial charge in [0.1, 0.15) is 16.2 Å². The van der Waals surface area contributed by atoms with Crippen LogP contribution < -0.4 is 5.32 Å². The van der Waals surface area contributed by atoms with Crippen LogP contribution in [0.2, 0.25) is 0 Å². The van der Waals surface area contributed by atoms with Gasteiger partial charge in [-0.3, -0.25) is 0 Å². The van der Waals surface area contributed by atoms with Crippen molar-refractivity contribution in [2.75, 3.05) is 5.32 Å². The lowest BCUT2D eigenvalue weighted by molar-refractivity contribution is 0.253. The Kier molecular flexibility index (Phi) is 4.02. The second-order valence-corrected chi connectivity index (χ2v) is 5.95. The van der Waals surface area contributed by atoms with Gasteiger partial charge in [0, 0.05) is 12.1 Å². The third kappa shape index (κ3) is 3.18. The number of aromatic nitrogens is 2. The number of hydrogen-bond donors (Lipinski definition) is 1. The van der Waals surface area contributed by atoms with E-state index in [1.165, 1.54) is 19.3 Å². The molecule has 1 aromatic rings. The Bertz CT molecular complexity index is 374. The summed E-state index contributed by atoms with van der Waals surface area (Å²) < 4.78 is 0.851. The van der Waals surface area contributed by atoms with Crippen molar-refractivity contribution in [3.05, 3.63) is 16.5 Å². The summed E-state index contributed by atoms with van der Waals surface area (Å²) in [5.41, 5.74) is 0. The molecule has 1 aliphatic rings. The van der Waals surface area contributed by atoms with Crippen LogP contribution >= 0.6 is 15.9 Å². The van der Waals surface area contributed by atoms with Crippen LogP contribution in [0.4, 0.5) is 5.82 Å². The molecule has 0 aliphatic heterocycles. The fourth-order valence-corrected chi connectivity index (χ4v) is 3.05. The predicted octanol–water partition coefficient (Wildman–Crippen LogP) is 3.78. The summed E-state index contributed by atoms with van der Waals surface area (Å²) in [6.07, 6.45) is 3.91. The van der Waals surface area contributed by atoms with Crippen molar-refractivity contribution in [3.63, 3.8) is 0 Å². The van der Waals surface area contributed by atoms with Crippen LogP contribution in [0.25, 0.3) is 0 Å². The Morgan fingerprint density at radius 3 is 2.76 bits per heavy atom. The lowest BCUT2D eigenvalue weighted by Gasteiger charge is -2.34. The highest BCUT2D eigenvalue weighted by molar-refractivity contribution is 9.10. The molecule has 0 spiro atoms. The second kappa shape index (κ2) is 5.34. The van der Waals surface area contributed by atoms with Gasteiger partial charge in [0.2, 0.25) is 0 Å². The van der Waals surface area contributed by atoms with Crippen molar-refractivity contribution in [1.82, 2.24) is 9.97 Å². The average Bonchev–Trinajstić information content (AvgIpc) is 2.23. The largest absolute Gasteiger partial charge is 0.367 e. The van der Waals surface area contributed by atoms with Gasteiger partial charge in [-0.2, -0.15) is 0 Å². The number of aryl methyl sites for hydroxylation is 1. The number of rotatable bonds is 2. The highest BCUT2D eigenvalue weighted by Gasteiger charge is 2.27. The van der Waals surface area contributed by atoms with Crippen LogP contribution in [0, 0.1) is 18.8 Å². The predicted molar refractivity (Wildman–Crippen MR) is 74.1 cm³/mol. The fraction of sp³-hybridized carbons (Fsp3) is 0.692. The number of nitrogens with one attached hydrogen (secondary N) is 1. The van der Waals surface area contributed by atoms with E-state index in [1.807, 2.05) is 13.0 Å². The van der Waals surface area contributed by atoms with E-state index in [0.29, 0.717) is 12.0 Å². The Hall–Kier alpha value is -0.640. The van der Waals surface area contributed by atoms with Crippen LogP contribution in [-0.2, 0) is 0 Å². The van der Waals surface area contributed by atoms with Gasteiger partial charge < -0.3 is 5.32 Å². The molecule has 1 fully saturated rings.